The molecular weight excluding hydrogens is 276 g/mol. The van der Waals surface area contributed by atoms with Crippen molar-refractivity contribution in [1.29, 1.82) is 0 Å². The number of carbonyl (C=O) groups is 1. The summed E-state index contributed by atoms with van der Waals surface area (Å²) in [6.07, 6.45) is -0.115. The number of carboxylic acids is 1. The zero-order valence-corrected chi connectivity index (χ0v) is 12.5. The Morgan fingerprint density at radius 1 is 1.43 bits per heavy atom. The molecule has 0 aliphatic heterocycles. The SMILES string of the molecule is CC(C)Oc1cc(NCC(C)(C)C(=O)O)cc([N+](=O)[O-])c1. The van der Waals surface area contributed by atoms with Crippen molar-refractivity contribution >= 4 is 17.3 Å². The Morgan fingerprint density at radius 2 is 2.05 bits per heavy atom. The number of hydrogen-bond acceptors (Lipinski definition) is 5. The van der Waals surface area contributed by atoms with E-state index < -0.39 is 16.3 Å². The van der Waals surface area contributed by atoms with Crippen molar-refractivity contribution in [2.45, 2.75) is 33.8 Å². The van der Waals surface area contributed by atoms with E-state index in [1.807, 2.05) is 13.8 Å². The molecule has 0 aromatic heterocycles. The van der Waals surface area contributed by atoms with Crippen LogP contribution < -0.4 is 10.1 Å². The molecule has 0 atom stereocenters. The number of ether oxygens (including phenoxy) is 1. The smallest absolute Gasteiger partial charge is 0.310 e. The van der Waals surface area contributed by atoms with E-state index in [4.69, 9.17) is 9.84 Å². The Labute approximate surface area is 123 Å². The maximum Gasteiger partial charge on any atom is 0.310 e. The van der Waals surface area contributed by atoms with Gasteiger partial charge in [0.15, 0.2) is 0 Å². The van der Waals surface area contributed by atoms with Crippen LogP contribution in [0.25, 0.3) is 0 Å². The Hall–Kier alpha value is -2.31. The first-order chi connectivity index (χ1) is 9.61. The van der Waals surface area contributed by atoms with Crippen molar-refractivity contribution in [2.24, 2.45) is 5.41 Å². The highest BCUT2D eigenvalue weighted by Gasteiger charge is 2.27. The summed E-state index contributed by atoms with van der Waals surface area (Å²) < 4.78 is 5.46. The lowest BCUT2D eigenvalue weighted by molar-refractivity contribution is -0.384. The van der Waals surface area contributed by atoms with Crippen molar-refractivity contribution in [1.82, 2.24) is 0 Å². The minimum Gasteiger partial charge on any atom is -0.491 e. The number of carboxylic acid groups (broad SMARTS) is 1. The van der Waals surface area contributed by atoms with Gasteiger partial charge < -0.3 is 15.2 Å². The first kappa shape index (κ1) is 16.7. The maximum absolute atomic E-state index is 11.1. The predicted molar refractivity (Wildman–Crippen MR) is 78.8 cm³/mol. The molecule has 1 aromatic carbocycles. The van der Waals surface area contributed by atoms with E-state index in [-0.39, 0.29) is 18.3 Å². The summed E-state index contributed by atoms with van der Waals surface area (Å²) in [5.74, 6) is -0.575. The van der Waals surface area contributed by atoms with Gasteiger partial charge in [0.2, 0.25) is 0 Å². The van der Waals surface area contributed by atoms with Gasteiger partial charge in [0, 0.05) is 24.4 Å². The van der Waals surface area contributed by atoms with Crippen molar-refractivity contribution in [3.05, 3.63) is 28.3 Å². The number of anilines is 1. The number of benzene rings is 1. The van der Waals surface area contributed by atoms with Crippen LogP contribution in [-0.2, 0) is 4.79 Å². The first-order valence-corrected chi connectivity index (χ1v) is 6.55. The Kier molecular flexibility index (Phi) is 5.12. The number of nitrogens with one attached hydrogen (secondary N) is 1. The van der Waals surface area contributed by atoms with Crippen LogP contribution in [0.2, 0.25) is 0 Å². The highest BCUT2D eigenvalue weighted by Crippen LogP contribution is 2.27. The number of hydrogen-bond donors (Lipinski definition) is 2. The van der Waals surface area contributed by atoms with Crippen molar-refractivity contribution in [2.75, 3.05) is 11.9 Å². The highest BCUT2D eigenvalue weighted by molar-refractivity contribution is 5.74. The summed E-state index contributed by atoms with van der Waals surface area (Å²) in [4.78, 5) is 21.5. The average molecular weight is 296 g/mol. The van der Waals surface area contributed by atoms with Crippen LogP contribution in [0.5, 0.6) is 5.75 Å². The lowest BCUT2D eigenvalue weighted by Gasteiger charge is -2.20. The molecule has 1 rings (SSSR count). The molecule has 0 amide bonds. The second kappa shape index (κ2) is 6.43. The largest absolute Gasteiger partial charge is 0.491 e. The number of nitro groups is 1. The van der Waals surface area contributed by atoms with Gasteiger partial charge in [-0.3, -0.25) is 14.9 Å². The molecule has 2 N–H and O–H groups in total. The van der Waals surface area contributed by atoms with E-state index in [1.54, 1.807) is 19.9 Å². The van der Waals surface area contributed by atoms with Gasteiger partial charge in [0.25, 0.3) is 5.69 Å². The number of non-ortho nitro benzene ring substituents is 1. The molecule has 21 heavy (non-hydrogen) atoms. The van der Waals surface area contributed by atoms with Crippen molar-refractivity contribution in [3.63, 3.8) is 0 Å². The van der Waals surface area contributed by atoms with Crippen LogP contribution in [0, 0.1) is 15.5 Å². The maximum atomic E-state index is 11.1. The third-order valence-corrected chi connectivity index (χ3v) is 2.79. The Morgan fingerprint density at radius 3 is 2.52 bits per heavy atom. The standard InChI is InChI=1S/C14H20N2O5/c1-9(2)21-12-6-10(5-11(7-12)16(19)20)15-8-14(3,4)13(17)18/h5-7,9,15H,8H2,1-4H3,(H,17,18). The topological polar surface area (TPSA) is 102 Å². The molecule has 7 heteroatoms. The fourth-order valence-corrected chi connectivity index (χ4v) is 1.53. The van der Waals surface area contributed by atoms with Gasteiger partial charge in [0.05, 0.1) is 22.5 Å². The molecule has 0 saturated heterocycles. The van der Waals surface area contributed by atoms with Crippen molar-refractivity contribution in [3.8, 4) is 5.75 Å². The summed E-state index contributed by atoms with van der Waals surface area (Å²) in [6, 6.07) is 4.31. The minimum atomic E-state index is -0.982. The van der Waals surface area contributed by atoms with Gasteiger partial charge in [-0.25, -0.2) is 0 Å². The summed E-state index contributed by atoms with van der Waals surface area (Å²) in [5, 5.41) is 22.9. The molecule has 116 valence electrons. The fraction of sp³-hybridized carbons (Fsp3) is 0.500. The summed E-state index contributed by atoms with van der Waals surface area (Å²) in [5.41, 5.74) is -0.637. The van der Waals surface area contributed by atoms with Crippen LogP contribution in [0.3, 0.4) is 0 Å². The van der Waals surface area contributed by atoms with Gasteiger partial charge in [-0.1, -0.05) is 0 Å². The number of rotatable bonds is 7. The summed E-state index contributed by atoms with van der Waals surface area (Å²) in [7, 11) is 0. The van der Waals surface area contributed by atoms with Gasteiger partial charge in [-0.05, 0) is 27.7 Å². The monoisotopic (exact) mass is 296 g/mol. The second-order valence-corrected chi connectivity index (χ2v) is 5.68. The molecule has 0 bridgehead atoms. The van der Waals surface area contributed by atoms with Gasteiger partial charge in [-0.15, -0.1) is 0 Å². The molecule has 1 aromatic rings. The third-order valence-electron chi connectivity index (χ3n) is 2.79. The second-order valence-electron chi connectivity index (χ2n) is 5.68. The van der Waals surface area contributed by atoms with E-state index in [9.17, 15) is 14.9 Å². The number of aliphatic carboxylic acids is 1. The quantitative estimate of drug-likeness (QED) is 0.592. The van der Waals surface area contributed by atoms with Crippen molar-refractivity contribution < 1.29 is 19.6 Å². The minimum absolute atomic E-state index is 0.108. The Bertz CT molecular complexity index is 540. The molecule has 0 fully saturated rings. The van der Waals surface area contributed by atoms with Crippen LogP contribution in [0.15, 0.2) is 18.2 Å². The predicted octanol–water partition coefficient (Wildman–Crippen LogP) is 2.90. The normalized spacial score (nSPS) is 11.3. The van der Waals surface area contributed by atoms with Crippen LogP contribution in [-0.4, -0.2) is 28.6 Å². The summed E-state index contributed by atoms with van der Waals surface area (Å²) in [6.45, 7) is 6.93. The fourth-order valence-electron chi connectivity index (χ4n) is 1.53. The van der Waals surface area contributed by atoms with Crippen LogP contribution in [0.1, 0.15) is 27.7 Å². The van der Waals surface area contributed by atoms with E-state index >= 15 is 0 Å². The Balaban J connectivity index is 2.98. The molecule has 0 heterocycles. The molecule has 7 nitrogen and oxygen atoms in total. The average Bonchev–Trinajstić information content (AvgIpc) is 2.35. The lowest BCUT2D eigenvalue weighted by atomic mass is 9.94. The molecule has 0 aliphatic rings. The zero-order chi connectivity index (χ0) is 16.2. The summed E-state index contributed by atoms with van der Waals surface area (Å²) >= 11 is 0. The number of nitro benzene ring substituents is 1. The van der Waals surface area contributed by atoms with E-state index in [2.05, 4.69) is 5.32 Å². The number of nitrogens with zero attached hydrogens (tertiary/aromatic N) is 1. The van der Waals surface area contributed by atoms with Crippen LogP contribution >= 0.6 is 0 Å². The molecule has 0 radical (unpaired) electrons. The molecular formula is C14H20N2O5. The molecule has 0 unspecified atom stereocenters. The highest BCUT2D eigenvalue weighted by atomic mass is 16.6. The lowest BCUT2D eigenvalue weighted by Crippen LogP contribution is -2.31. The van der Waals surface area contributed by atoms with E-state index in [0.717, 1.165) is 0 Å². The van der Waals surface area contributed by atoms with Gasteiger partial charge >= 0.3 is 5.97 Å². The van der Waals surface area contributed by atoms with E-state index in [0.29, 0.717) is 11.4 Å². The van der Waals surface area contributed by atoms with E-state index in [1.165, 1.54) is 12.1 Å². The van der Waals surface area contributed by atoms with Gasteiger partial charge in [-0.2, -0.15) is 0 Å². The van der Waals surface area contributed by atoms with Gasteiger partial charge in [0.1, 0.15) is 5.75 Å². The first-order valence-electron chi connectivity index (χ1n) is 6.55. The third kappa shape index (κ3) is 4.94. The van der Waals surface area contributed by atoms with Crippen LogP contribution in [0.4, 0.5) is 11.4 Å². The molecule has 0 spiro atoms. The zero-order valence-electron chi connectivity index (χ0n) is 12.5. The molecule has 0 aliphatic carbocycles. The molecule has 0 saturated carbocycles.